The Labute approximate surface area is 141 Å². The Balaban J connectivity index is 1.55. The first-order valence-electron chi connectivity index (χ1n) is 7.97. The summed E-state index contributed by atoms with van der Waals surface area (Å²) in [4.78, 5) is 18.2. The molecule has 0 saturated heterocycles. The maximum absolute atomic E-state index is 12.1. The highest BCUT2D eigenvalue weighted by atomic mass is 16.6. The second-order valence-corrected chi connectivity index (χ2v) is 5.68. The van der Waals surface area contributed by atoms with Gasteiger partial charge in [0.1, 0.15) is 6.61 Å². The van der Waals surface area contributed by atoms with Crippen molar-refractivity contribution in [2.45, 2.75) is 19.6 Å². The van der Waals surface area contributed by atoms with E-state index in [4.69, 9.17) is 9.84 Å². The lowest BCUT2D eigenvalue weighted by molar-refractivity contribution is 0.0998. The SMILES string of the molecule is O=C(OCc1ccccc1)N1CC=C(c2ccc(CO)cn2)CC1. The molecule has 1 aliphatic rings. The van der Waals surface area contributed by atoms with Crippen molar-refractivity contribution in [2.24, 2.45) is 0 Å². The number of nitrogens with zero attached hydrogens (tertiary/aromatic N) is 2. The van der Waals surface area contributed by atoms with Gasteiger partial charge in [-0.2, -0.15) is 0 Å². The summed E-state index contributed by atoms with van der Waals surface area (Å²) in [6.45, 7) is 1.42. The highest BCUT2D eigenvalue weighted by Gasteiger charge is 2.19. The van der Waals surface area contributed by atoms with E-state index >= 15 is 0 Å². The number of benzene rings is 1. The predicted octanol–water partition coefficient (Wildman–Crippen LogP) is 3.00. The molecule has 0 radical (unpaired) electrons. The van der Waals surface area contributed by atoms with Crippen molar-refractivity contribution >= 4 is 11.7 Å². The van der Waals surface area contributed by atoms with Gasteiger partial charge in [-0.25, -0.2) is 4.79 Å². The van der Waals surface area contributed by atoms with Gasteiger partial charge in [0.05, 0.1) is 12.3 Å². The number of aromatic nitrogens is 1. The molecule has 5 heteroatoms. The Morgan fingerprint density at radius 3 is 2.62 bits per heavy atom. The van der Waals surface area contributed by atoms with Crippen LogP contribution in [0.5, 0.6) is 0 Å². The molecule has 2 heterocycles. The van der Waals surface area contributed by atoms with Crippen molar-refractivity contribution < 1.29 is 14.6 Å². The Kier molecular flexibility index (Phi) is 5.23. The van der Waals surface area contributed by atoms with Crippen LogP contribution in [0.4, 0.5) is 4.79 Å². The molecule has 0 fully saturated rings. The molecule has 1 aromatic heterocycles. The van der Waals surface area contributed by atoms with E-state index in [9.17, 15) is 4.79 Å². The molecule has 1 aliphatic heterocycles. The van der Waals surface area contributed by atoms with Gasteiger partial charge < -0.3 is 14.7 Å². The van der Waals surface area contributed by atoms with Crippen molar-refractivity contribution in [3.63, 3.8) is 0 Å². The van der Waals surface area contributed by atoms with E-state index in [0.717, 1.165) is 28.8 Å². The maximum Gasteiger partial charge on any atom is 0.410 e. The smallest absolute Gasteiger partial charge is 0.410 e. The summed E-state index contributed by atoms with van der Waals surface area (Å²) in [6, 6.07) is 13.4. The number of pyridine rings is 1. The Morgan fingerprint density at radius 2 is 2.00 bits per heavy atom. The molecule has 3 rings (SSSR count). The van der Waals surface area contributed by atoms with Gasteiger partial charge in [0.2, 0.25) is 0 Å². The minimum Gasteiger partial charge on any atom is -0.445 e. The van der Waals surface area contributed by atoms with Crippen LogP contribution in [0.1, 0.15) is 23.2 Å². The lowest BCUT2D eigenvalue weighted by atomic mass is 10.0. The van der Waals surface area contributed by atoms with Gasteiger partial charge in [-0.3, -0.25) is 4.98 Å². The fourth-order valence-corrected chi connectivity index (χ4v) is 2.59. The summed E-state index contributed by atoms with van der Waals surface area (Å²) >= 11 is 0. The molecule has 0 saturated carbocycles. The molecule has 0 unspecified atom stereocenters. The molecule has 5 nitrogen and oxygen atoms in total. The Bertz CT molecular complexity index is 711. The van der Waals surface area contributed by atoms with Crippen LogP contribution in [-0.4, -0.2) is 34.2 Å². The van der Waals surface area contributed by atoms with Gasteiger partial charge in [0.15, 0.2) is 0 Å². The summed E-state index contributed by atoms with van der Waals surface area (Å²) in [6.07, 6.45) is 4.13. The van der Waals surface area contributed by atoms with Crippen LogP contribution in [0.25, 0.3) is 5.57 Å². The summed E-state index contributed by atoms with van der Waals surface area (Å²) in [7, 11) is 0. The van der Waals surface area contributed by atoms with Crippen molar-refractivity contribution in [1.29, 1.82) is 0 Å². The van der Waals surface area contributed by atoms with Gasteiger partial charge >= 0.3 is 6.09 Å². The molecular formula is C19H20N2O3. The number of hydrogen-bond donors (Lipinski definition) is 1. The first-order chi connectivity index (χ1) is 11.8. The van der Waals surface area contributed by atoms with Crippen LogP contribution in [0.2, 0.25) is 0 Å². The lowest BCUT2D eigenvalue weighted by Gasteiger charge is -2.25. The van der Waals surface area contributed by atoms with Gasteiger partial charge in [-0.15, -0.1) is 0 Å². The molecule has 1 amide bonds. The van der Waals surface area contributed by atoms with Gasteiger partial charge in [-0.05, 0) is 29.2 Å². The zero-order valence-electron chi connectivity index (χ0n) is 13.4. The number of aliphatic hydroxyl groups excluding tert-OH is 1. The van der Waals surface area contributed by atoms with Crippen molar-refractivity contribution in [2.75, 3.05) is 13.1 Å². The van der Waals surface area contributed by atoms with Crippen LogP contribution in [0, 0.1) is 0 Å². The number of carbonyl (C=O) groups is 1. The van der Waals surface area contributed by atoms with E-state index in [-0.39, 0.29) is 19.3 Å². The second kappa shape index (κ2) is 7.75. The van der Waals surface area contributed by atoms with E-state index in [1.165, 1.54) is 0 Å². The topological polar surface area (TPSA) is 62.7 Å². The van der Waals surface area contributed by atoms with E-state index < -0.39 is 0 Å². The first-order valence-corrected chi connectivity index (χ1v) is 7.97. The van der Waals surface area contributed by atoms with Crippen molar-refractivity contribution in [3.8, 4) is 0 Å². The van der Waals surface area contributed by atoms with E-state index in [1.54, 1.807) is 11.1 Å². The zero-order valence-corrected chi connectivity index (χ0v) is 13.4. The number of hydrogen-bond acceptors (Lipinski definition) is 4. The Morgan fingerprint density at radius 1 is 1.17 bits per heavy atom. The number of ether oxygens (including phenoxy) is 1. The minimum absolute atomic E-state index is 0.00659. The lowest BCUT2D eigenvalue weighted by Crippen LogP contribution is -2.35. The average molecular weight is 324 g/mol. The standard InChI is InChI=1S/C19H20N2O3/c22-13-16-6-7-18(20-12-16)17-8-10-21(11-9-17)19(23)24-14-15-4-2-1-3-5-15/h1-8,12,22H,9-11,13-14H2. The molecule has 0 spiro atoms. The third kappa shape index (κ3) is 4.00. The van der Waals surface area contributed by atoms with E-state index in [0.29, 0.717) is 13.1 Å². The summed E-state index contributed by atoms with van der Waals surface area (Å²) in [5, 5.41) is 9.05. The van der Waals surface area contributed by atoms with E-state index in [2.05, 4.69) is 4.98 Å². The molecule has 2 aromatic rings. The fraction of sp³-hybridized carbons (Fsp3) is 0.263. The predicted molar refractivity (Wildman–Crippen MR) is 91.0 cm³/mol. The van der Waals surface area contributed by atoms with Crippen LogP contribution in [0.15, 0.2) is 54.7 Å². The normalized spacial score (nSPS) is 14.2. The third-order valence-electron chi connectivity index (χ3n) is 4.01. The fourth-order valence-electron chi connectivity index (χ4n) is 2.59. The van der Waals surface area contributed by atoms with Crippen LogP contribution < -0.4 is 0 Å². The zero-order chi connectivity index (χ0) is 16.8. The Hall–Kier alpha value is -2.66. The van der Waals surface area contributed by atoms with Gasteiger partial charge in [0.25, 0.3) is 0 Å². The molecule has 1 N–H and O–H groups in total. The largest absolute Gasteiger partial charge is 0.445 e. The van der Waals surface area contributed by atoms with Crippen molar-refractivity contribution in [3.05, 3.63) is 71.6 Å². The summed E-state index contributed by atoms with van der Waals surface area (Å²) < 4.78 is 5.35. The summed E-state index contributed by atoms with van der Waals surface area (Å²) in [5.74, 6) is 0. The van der Waals surface area contributed by atoms with Crippen LogP contribution in [0.3, 0.4) is 0 Å². The monoisotopic (exact) mass is 324 g/mol. The molecule has 0 bridgehead atoms. The molecule has 0 aliphatic carbocycles. The average Bonchev–Trinajstić information content (AvgIpc) is 2.67. The number of amides is 1. The molecule has 0 atom stereocenters. The third-order valence-corrected chi connectivity index (χ3v) is 4.01. The minimum atomic E-state index is -0.294. The highest BCUT2D eigenvalue weighted by Crippen LogP contribution is 2.21. The van der Waals surface area contributed by atoms with Gasteiger partial charge in [-0.1, -0.05) is 42.5 Å². The van der Waals surface area contributed by atoms with Crippen LogP contribution >= 0.6 is 0 Å². The maximum atomic E-state index is 12.1. The second-order valence-electron chi connectivity index (χ2n) is 5.68. The quantitative estimate of drug-likeness (QED) is 0.939. The number of rotatable bonds is 4. The first kappa shape index (κ1) is 16.2. The molecule has 1 aromatic carbocycles. The van der Waals surface area contributed by atoms with Crippen molar-refractivity contribution in [1.82, 2.24) is 9.88 Å². The van der Waals surface area contributed by atoms with E-state index in [1.807, 2.05) is 48.5 Å². The summed E-state index contributed by atoms with van der Waals surface area (Å²) in [5.41, 5.74) is 3.78. The molecule has 24 heavy (non-hydrogen) atoms. The van der Waals surface area contributed by atoms with Crippen LogP contribution in [-0.2, 0) is 18.0 Å². The molecular weight excluding hydrogens is 304 g/mol. The number of carbonyl (C=O) groups excluding carboxylic acids is 1. The molecule has 124 valence electrons. The highest BCUT2D eigenvalue weighted by molar-refractivity contribution is 5.71. The van der Waals surface area contributed by atoms with Gasteiger partial charge in [0, 0.05) is 19.3 Å². The number of aliphatic hydroxyl groups is 1.